The molecule has 0 aromatic heterocycles. The van der Waals surface area contributed by atoms with E-state index in [2.05, 4.69) is 10.1 Å². The van der Waals surface area contributed by atoms with Gasteiger partial charge in [0.15, 0.2) is 0 Å². The molecule has 12 nitrogen and oxygen atoms in total. The monoisotopic (exact) mass is 561 g/mol. The molecular formula is C25H36ClNO11. The molecule has 2 N–H and O–H groups in total. The third-order valence-electron chi connectivity index (χ3n) is 5.53. The fourth-order valence-electron chi connectivity index (χ4n) is 3.65. The van der Waals surface area contributed by atoms with E-state index in [-0.39, 0.29) is 13.3 Å². The molecule has 1 aromatic rings. The maximum atomic E-state index is 11.7. The molecule has 1 saturated heterocycles. The molecule has 0 radical (unpaired) electrons. The fourth-order valence-corrected chi connectivity index (χ4v) is 3.87. The number of carbonyl (C=O) groups is 3. The summed E-state index contributed by atoms with van der Waals surface area (Å²) in [5, 5.41) is 14.5. The first-order valence-corrected chi connectivity index (χ1v) is 12.5. The van der Waals surface area contributed by atoms with E-state index >= 15 is 0 Å². The van der Waals surface area contributed by atoms with Gasteiger partial charge < -0.3 is 38.3 Å². The van der Waals surface area contributed by atoms with Crippen LogP contribution in [-0.4, -0.2) is 93.9 Å². The van der Waals surface area contributed by atoms with Crippen LogP contribution in [0.1, 0.15) is 32.3 Å². The van der Waals surface area contributed by atoms with Crippen molar-refractivity contribution in [2.75, 3.05) is 40.3 Å². The number of aliphatic hydroxyl groups is 1. The van der Waals surface area contributed by atoms with Gasteiger partial charge in [-0.15, -0.1) is 0 Å². The van der Waals surface area contributed by atoms with E-state index in [1.165, 1.54) is 21.0 Å². The zero-order valence-corrected chi connectivity index (χ0v) is 22.7. The van der Waals surface area contributed by atoms with Crippen molar-refractivity contribution < 1.29 is 52.6 Å². The Balaban J connectivity index is 1.89. The first kappa shape index (κ1) is 31.7. The SMILES string of the molecule is COC(=O)CO[C@H]1[C@H](O)[C@@H](COC(C)=O)O[C@H](OC(C)=O)[C@@H]1NCOCCCCOc1ccc(Cl)cc1C. The molecular weight excluding hydrogens is 526 g/mol. The minimum Gasteiger partial charge on any atom is -0.493 e. The molecule has 5 atom stereocenters. The number of halogens is 1. The summed E-state index contributed by atoms with van der Waals surface area (Å²) in [7, 11) is 1.20. The van der Waals surface area contributed by atoms with Gasteiger partial charge in [-0.3, -0.25) is 14.9 Å². The molecule has 0 unspecified atom stereocenters. The van der Waals surface area contributed by atoms with Crippen LogP contribution in [0, 0.1) is 6.92 Å². The lowest BCUT2D eigenvalue weighted by Crippen LogP contribution is -2.65. The van der Waals surface area contributed by atoms with Crippen molar-refractivity contribution in [1.82, 2.24) is 5.32 Å². The van der Waals surface area contributed by atoms with E-state index in [9.17, 15) is 19.5 Å². The Morgan fingerprint density at radius 2 is 1.87 bits per heavy atom. The van der Waals surface area contributed by atoms with Crippen molar-refractivity contribution >= 4 is 29.5 Å². The number of rotatable bonds is 15. The normalized spacial score (nSPS) is 22.9. The van der Waals surface area contributed by atoms with Crippen LogP contribution in [0.15, 0.2) is 18.2 Å². The highest BCUT2D eigenvalue weighted by atomic mass is 35.5. The Kier molecular flexibility index (Phi) is 13.8. The second kappa shape index (κ2) is 16.5. The van der Waals surface area contributed by atoms with Crippen LogP contribution in [0.25, 0.3) is 0 Å². The maximum Gasteiger partial charge on any atom is 0.331 e. The number of hydrogen-bond donors (Lipinski definition) is 2. The van der Waals surface area contributed by atoms with Crippen LogP contribution < -0.4 is 10.1 Å². The molecule has 0 aliphatic carbocycles. The number of unbranched alkanes of at least 4 members (excludes halogenated alkanes) is 1. The van der Waals surface area contributed by atoms with Crippen molar-refractivity contribution in [1.29, 1.82) is 0 Å². The Bertz CT molecular complexity index is 915. The van der Waals surface area contributed by atoms with Gasteiger partial charge in [-0.1, -0.05) is 11.6 Å². The van der Waals surface area contributed by atoms with Crippen molar-refractivity contribution in [3.05, 3.63) is 28.8 Å². The molecule has 214 valence electrons. The van der Waals surface area contributed by atoms with Crippen molar-refractivity contribution in [2.45, 2.75) is 64.3 Å². The van der Waals surface area contributed by atoms with Crippen LogP contribution in [0.3, 0.4) is 0 Å². The van der Waals surface area contributed by atoms with E-state index in [1.807, 2.05) is 19.1 Å². The summed E-state index contributed by atoms with van der Waals surface area (Å²) in [6.45, 7) is 4.44. The molecule has 1 heterocycles. The summed E-state index contributed by atoms with van der Waals surface area (Å²) in [6, 6.07) is 4.52. The standard InChI is InChI=1S/C25H36ClNO11/c1-15-11-18(26)7-8-19(15)34-10-6-5-9-33-14-27-22-24(36-13-21(30)32-4)23(31)20(12-35-16(2)28)38-25(22)37-17(3)29/h7-8,11,20,22-25,27,31H,5-6,9-10,12-14H2,1-4H3/t20-,22-,23-,24-,25+/m1/s1. The Hall–Kier alpha value is -2.48. The predicted octanol–water partition coefficient (Wildman–Crippen LogP) is 1.51. The van der Waals surface area contributed by atoms with Gasteiger partial charge in [-0.2, -0.15) is 0 Å². The van der Waals surface area contributed by atoms with Crippen LogP contribution in [0.5, 0.6) is 5.75 Å². The second-order valence-corrected chi connectivity index (χ2v) is 8.98. The number of hydrogen-bond acceptors (Lipinski definition) is 12. The molecule has 0 spiro atoms. The number of nitrogens with one attached hydrogen (secondary N) is 1. The highest BCUT2D eigenvalue weighted by Gasteiger charge is 2.48. The molecule has 2 rings (SSSR count). The summed E-state index contributed by atoms with van der Waals surface area (Å²) < 4.78 is 37.5. The maximum absolute atomic E-state index is 11.7. The number of aryl methyl sites for hydroxylation is 1. The van der Waals surface area contributed by atoms with Gasteiger partial charge in [-0.25, -0.2) is 4.79 Å². The smallest absolute Gasteiger partial charge is 0.331 e. The summed E-state index contributed by atoms with van der Waals surface area (Å²) in [5.41, 5.74) is 0.955. The van der Waals surface area contributed by atoms with Crippen molar-refractivity contribution in [2.24, 2.45) is 0 Å². The Labute approximate surface area is 226 Å². The van der Waals surface area contributed by atoms with Gasteiger partial charge in [0.25, 0.3) is 0 Å². The van der Waals surface area contributed by atoms with Crippen LogP contribution >= 0.6 is 11.6 Å². The largest absolute Gasteiger partial charge is 0.493 e. The lowest BCUT2D eigenvalue weighted by Gasteiger charge is -2.43. The van der Waals surface area contributed by atoms with Crippen LogP contribution in [0.2, 0.25) is 5.02 Å². The highest BCUT2D eigenvalue weighted by molar-refractivity contribution is 6.30. The zero-order chi connectivity index (χ0) is 28.1. The number of ether oxygens (including phenoxy) is 7. The zero-order valence-electron chi connectivity index (χ0n) is 22.0. The minimum atomic E-state index is -1.34. The van der Waals surface area contributed by atoms with E-state index in [0.717, 1.165) is 17.7 Å². The first-order valence-electron chi connectivity index (χ1n) is 12.1. The van der Waals surface area contributed by atoms with Gasteiger partial charge in [0.2, 0.25) is 6.29 Å². The van der Waals surface area contributed by atoms with E-state index in [1.54, 1.807) is 6.07 Å². The molecule has 0 saturated carbocycles. The van der Waals surface area contributed by atoms with Gasteiger partial charge >= 0.3 is 17.9 Å². The first-order chi connectivity index (χ1) is 18.1. The Morgan fingerprint density at radius 3 is 2.53 bits per heavy atom. The van der Waals surface area contributed by atoms with Gasteiger partial charge in [0.05, 0.1) is 20.4 Å². The molecule has 1 fully saturated rings. The molecule has 1 aliphatic heterocycles. The summed E-state index contributed by atoms with van der Waals surface area (Å²) in [6.07, 6.45) is -3.28. The molecule has 0 amide bonds. The fraction of sp³-hybridized carbons (Fsp3) is 0.640. The lowest BCUT2D eigenvalue weighted by molar-refractivity contribution is -0.272. The average molecular weight is 562 g/mol. The third kappa shape index (κ3) is 10.7. The number of benzene rings is 1. The highest BCUT2D eigenvalue weighted by Crippen LogP contribution is 2.26. The van der Waals surface area contributed by atoms with Crippen LogP contribution in [-0.2, 0) is 42.8 Å². The molecule has 38 heavy (non-hydrogen) atoms. The summed E-state index contributed by atoms with van der Waals surface area (Å²) >= 11 is 5.96. The Morgan fingerprint density at radius 1 is 1.13 bits per heavy atom. The third-order valence-corrected chi connectivity index (χ3v) is 5.76. The van der Waals surface area contributed by atoms with Gasteiger partial charge in [0.1, 0.15) is 43.3 Å². The van der Waals surface area contributed by atoms with Gasteiger partial charge in [0, 0.05) is 25.5 Å². The van der Waals surface area contributed by atoms with E-state index in [4.69, 9.17) is 40.0 Å². The number of methoxy groups -OCH3 is 1. The van der Waals surface area contributed by atoms with Crippen molar-refractivity contribution in [3.8, 4) is 5.75 Å². The number of esters is 3. The lowest BCUT2D eigenvalue weighted by atomic mass is 9.96. The molecule has 13 heteroatoms. The molecule has 1 aromatic carbocycles. The molecule has 1 aliphatic rings. The van der Waals surface area contributed by atoms with E-state index in [0.29, 0.717) is 24.7 Å². The van der Waals surface area contributed by atoms with Crippen LogP contribution in [0.4, 0.5) is 0 Å². The minimum absolute atomic E-state index is 0.00234. The molecule has 0 bridgehead atoms. The predicted molar refractivity (Wildman–Crippen MR) is 133 cm³/mol. The van der Waals surface area contributed by atoms with Gasteiger partial charge in [-0.05, 0) is 43.5 Å². The summed E-state index contributed by atoms with van der Waals surface area (Å²) in [5.74, 6) is -1.13. The topological polar surface area (TPSA) is 148 Å². The van der Waals surface area contributed by atoms with E-state index < -0.39 is 55.2 Å². The number of carbonyl (C=O) groups excluding carboxylic acids is 3. The quantitative estimate of drug-likeness (QED) is 0.138. The summed E-state index contributed by atoms with van der Waals surface area (Å²) in [4.78, 5) is 34.6. The number of aliphatic hydroxyl groups excluding tert-OH is 1. The average Bonchev–Trinajstić information content (AvgIpc) is 2.86. The second-order valence-electron chi connectivity index (χ2n) is 8.55. The van der Waals surface area contributed by atoms with Crippen molar-refractivity contribution in [3.63, 3.8) is 0 Å².